The molecule has 0 unspecified atom stereocenters. The topological polar surface area (TPSA) is 82.1 Å². The summed E-state index contributed by atoms with van der Waals surface area (Å²) < 4.78 is 42.6. The van der Waals surface area contributed by atoms with E-state index in [1.54, 1.807) is 42.5 Å². The van der Waals surface area contributed by atoms with Gasteiger partial charge in [-0.2, -0.15) is 4.31 Å². The van der Waals surface area contributed by atoms with Gasteiger partial charge in [0.25, 0.3) is 0 Å². The summed E-state index contributed by atoms with van der Waals surface area (Å²) in [5.74, 6) is 0.335. The van der Waals surface area contributed by atoms with Gasteiger partial charge < -0.3 is 14.2 Å². The maximum atomic E-state index is 12.8. The largest absolute Gasteiger partial charge is 0.489 e. The molecule has 0 N–H and O–H groups in total. The van der Waals surface area contributed by atoms with Gasteiger partial charge in [0.05, 0.1) is 31.6 Å². The summed E-state index contributed by atoms with van der Waals surface area (Å²) in [5.41, 5.74) is 1.59. The predicted octanol–water partition coefficient (Wildman–Crippen LogP) is 2.00. The minimum Gasteiger partial charge on any atom is -0.489 e. The molecule has 0 aliphatic carbocycles. The molecule has 2 aromatic carbocycles. The van der Waals surface area contributed by atoms with Crippen molar-refractivity contribution in [3.05, 3.63) is 59.7 Å². The van der Waals surface area contributed by atoms with E-state index >= 15 is 0 Å². The number of morpholine rings is 1. The van der Waals surface area contributed by atoms with E-state index in [2.05, 4.69) is 4.74 Å². The number of hydrogen-bond donors (Lipinski definition) is 0. The second-order valence-corrected chi connectivity index (χ2v) is 8.29. The molecule has 0 bridgehead atoms. The third-order valence-corrected chi connectivity index (χ3v) is 6.31. The van der Waals surface area contributed by atoms with Crippen molar-refractivity contribution in [2.75, 3.05) is 33.4 Å². The molecule has 0 radical (unpaired) electrons. The number of esters is 1. The molecule has 0 atom stereocenters. The average Bonchev–Trinajstić information content (AvgIpc) is 2.74. The van der Waals surface area contributed by atoms with Gasteiger partial charge in [-0.1, -0.05) is 24.3 Å². The van der Waals surface area contributed by atoms with Crippen LogP contribution in [0.15, 0.2) is 53.4 Å². The molecule has 0 aromatic heterocycles. The Labute approximate surface area is 164 Å². The van der Waals surface area contributed by atoms with E-state index in [9.17, 15) is 13.2 Å². The number of sulfonamides is 1. The molecule has 2 aromatic rings. The van der Waals surface area contributed by atoms with Crippen molar-refractivity contribution in [2.45, 2.75) is 17.9 Å². The summed E-state index contributed by atoms with van der Waals surface area (Å²) in [6.45, 7) is 1.78. The summed E-state index contributed by atoms with van der Waals surface area (Å²) in [5, 5.41) is 0. The number of methoxy groups -OCH3 is 1. The Morgan fingerprint density at radius 3 is 2.46 bits per heavy atom. The standard InChI is InChI=1S/C20H23NO6S/c1-25-20(22)14-16-5-7-18(8-6-16)27-15-17-3-2-4-19(13-17)28(23,24)21-9-11-26-12-10-21/h2-8,13H,9-12,14-15H2,1H3. The van der Waals surface area contributed by atoms with Gasteiger partial charge in [-0.15, -0.1) is 0 Å². The lowest BCUT2D eigenvalue weighted by molar-refractivity contribution is -0.139. The third-order valence-electron chi connectivity index (χ3n) is 4.41. The van der Waals surface area contributed by atoms with Crippen LogP contribution in [0.5, 0.6) is 5.75 Å². The van der Waals surface area contributed by atoms with Crippen molar-refractivity contribution in [3.63, 3.8) is 0 Å². The number of carbonyl (C=O) groups excluding carboxylic acids is 1. The Morgan fingerprint density at radius 2 is 1.79 bits per heavy atom. The smallest absolute Gasteiger partial charge is 0.309 e. The van der Waals surface area contributed by atoms with Gasteiger partial charge in [-0.25, -0.2) is 8.42 Å². The summed E-state index contributed by atoms with van der Waals surface area (Å²) in [6, 6.07) is 13.9. The average molecular weight is 405 g/mol. The normalized spacial score (nSPS) is 15.2. The molecule has 1 fully saturated rings. The predicted molar refractivity (Wildman–Crippen MR) is 103 cm³/mol. The molecule has 0 amide bonds. The number of ether oxygens (including phenoxy) is 3. The molecule has 7 nitrogen and oxygen atoms in total. The highest BCUT2D eigenvalue weighted by Crippen LogP contribution is 2.20. The molecule has 1 aliphatic heterocycles. The fraction of sp³-hybridized carbons (Fsp3) is 0.350. The maximum absolute atomic E-state index is 12.8. The Kier molecular flexibility index (Phi) is 6.66. The lowest BCUT2D eigenvalue weighted by Crippen LogP contribution is -2.40. The summed E-state index contributed by atoms with van der Waals surface area (Å²) >= 11 is 0. The van der Waals surface area contributed by atoms with Crippen molar-refractivity contribution in [1.29, 1.82) is 0 Å². The van der Waals surface area contributed by atoms with E-state index in [0.29, 0.717) is 32.1 Å². The lowest BCUT2D eigenvalue weighted by atomic mass is 10.1. The SMILES string of the molecule is COC(=O)Cc1ccc(OCc2cccc(S(=O)(=O)N3CCOCC3)c2)cc1. The van der Waals surface area contributed by atoms with Crippen LogP contribution in [0.25, 0.3) is 0 Å². The van der Waals surface area contributed by atoms with Crippen LogP contribution in [0, 0.1) is 0 Å². The highest BCUT2D eigenvalue weighted by atomic mass is 32.2. The van der Waals surface area contributed by atoms with Gasteiger partial charge in [0.2, 0.25) is 10.0 Å². The number of hydrogen-bond acceptors (Lipinski definition) is 6. The van der Waals surface area contributed by atoms with Gasteiger partial charge in [-0.3, -0.25) is 4.79 Å². The highest BCUT2D eigenvalue weighted by molar-refractivity contribution is 7.89. The third kappa shape index (κ3) is 5.09. The van der Waals surface area contributed by atoms with E-state index in [0.717, 1.165) is 11.1 Å². The van der Waals surface area contributed by atoms with Crippen LogP contribution in [-0.4, -0.2) is 52.1 Å². The van der Waals surface area contributed by atoms with Crippen molar-refractivity contribution >= 4 is 16.0 Å². The van der Waals surface area contributed by atoms with E-state index in [1.165, 1.54) is 11.4 Å². The summed E-state index contributed by atoms with van der Waals surface area (Å²) in [7, 11) is -2.18. The molecular formula is C20H23NO6S. The molecule has 1 aliphatic rings. The second kappa shape index (κ2) is 9.18. The monoisotopic (exact) mass is 405 g/mol. The van der Waals surface area contributed by atoms with E-state index in [4.69, 9.17) is 9.47 Å². The van der Waals surface area contributed by atoms with E-state index in [-0.39, 0.29) is 23.9 Å². The Bertz CT molecular complexity index is 905. The zero-order valence-corrected chi connectivity index (χ0v) is 16.5. The first kappa shape index (κ1) is 20.3. The van der Waals surface area contributed by atoms with Gasteiger partial charge in [0.15, 0.2) is 0 Å². The maximum Gasteiger partial charge on any atom is 0.309 e. The molecule has 150 valence electrons. The van der Waals surface area contributed by atoms with Crippen LogP contribution in [0.1, 0.15) is 11.1 Å². The van der Waals surface area contributed by atoms with Gasteiger partial charge in [-0.05, 0) is 35.4 Å². The fourth-order valence-electron chi connectivity index (χ4n) is 2.84. The van der Waals surface area contributed by atoms with Crippen LogP contribution in [0.3, 0.4) is 0 Å². The molecule has 8 heteroatoms. The molecule has 0 saturated carbocycles. The first-order valence-electron chi connectivity index (χ1n) is 8.94. The zero-order valence-electron chi connectivity index (χ0n) is 15.7. The summed E-state index contributed by atoms with van der Waals surface area (Å²) in [6.07, 6.45) is 0.207. The molecule has 0 spiro atoms. The van der Waals surface area contributed by atoms with E-state index < -0.39 is 10.0 Å². The first-order chi connectivity index (χ1) is 13.5. The van der Waals surface area contributed by atoms with Crippen molar-refractivity contribution in [3.8, 4) is 5.75 Å². The zero-order chi connectivity index (χ0) is 20.0. The van der Waals surface area contributed by atoms with Crippen molar-refractivity contribution in [2.24, 2.45) is 0 Å². The lowest BCUT2D eigenvalue weighted by Gasteiger charge is -2.26. The van der Waals surface area contributed by atoms with Gasteiger partial charge in [0.1, 0.15) is 12.4 Å². The van der Waals surface area contributed by atoms with Crippen molar-refractivity contribution < 1.29 is 27.4 Å². The van der Waals surface area contributed by atoms with Gasteiger partial charge >= 0.3 is 5.97 Å². The molecule has 3 rings (SSSR count). The molecule has 28 heavy (non-hydrogen) atoms. The van der Waals surface area contributed by atoms with Crippen molar-refractivity contribution in [1.82, 2.24) is 4.31 Å². The van der Waals surface area contributed by atoms with Crippen LogP contribution < -0.4 is 4.74 Å². The molecular weight excluding hydrogens is 382 g/mol. The number of nitrogens with zero attached hydrogens (tertiary/aromatic N) is 1. The minimum atomic E-state index is -3.53. The fourth-order valence-corrected chi connectivity index (χ4v) is 4.32. The van der Waals surface area contributed by atoms with Gasteiger partial charge in [0, 0.05) is 13.1 Å². The summed E-state index contributed by atoms with van der Waals surface area (Å²) in [4.78, 5) is 11.5. The van der Waals surface area contributed by atoms with Crippen LogP contribution in [0.2, 0.25) is 0 Å². The van der Waals surface area contributed by atoms with E-state index in [1.807, 2.05) is 6.07 Å². The van der Waals surface area contributed by atoms with Crippen LogP contribution in [-0.2, 0) is 37.3 Å². The molecule has 1 saturated heterocycles. The Hall–Kier alpha value is -2.42. The number of benzene rings is 2. The highest BCUT2D eigenvalue weighted by Gasteiger charge is 2.26. The quantitative estimate of drug-likeness (QED) is 0.656. The number of carbonyl (C=O) groups is 1. The number of rotatable bonds is 7. The van der Waals surface area contributed by atoms with Crippen LogP contribution >= 0.6 is 0 Å². The molecule has 1 heterocycles. The first-order valence-corrected chi connectivity index (χ1v) is 10.4. The Morgan fingerprint density at radius 1 is 1.07 bits per heavy atom. The minimum absolute atomic E-state index is 0.207. The Balaban J connectivity index is 1.64. The van der Waals surface area contributed by atoms with Crippen LogP contribution in [0.4, 0.5) is 0 Å². The second-order valence-electron chi connectivity index (χ2n) is 6.35.